The molecule has 2 heteroatoms. The lowest BCUT2D eigenvalue weighted by molar-refractivity contribution is 1.32. The minimum absolute atomic E-state index is 0.529. The monoisotopic (exact) mass is 132 g/mol. The van der Waals surface area contributed by atoms with Crippen molar-refractivity contribution < 1.29 is 0 Å². The molecule has 0 radical (unpaired) electrons. The van der Waals surface area contributed by atoms with Gasteiger partial charge in [-0.3, -0.25) is 0 Å². The molecule has 1 heterocycles. The molecule has 1 aromatic rings. The molecule has 1 rings (SSSR count). The van der Waals surface area contributed by atoms with Gasteiger partial charge in [-0.05, 0) is 19.1 Å². The maximum atomic E-state index is 5.36. The summed E-state index contributed by atoms with van der Waals surface area (Å²) in [6, 6.07) is 3.58. The first-order valence-electron chi connectivity index (χ1n) is 2.97. The van der Waals surface area contributed by atoms with Crippen LogP contribution in [0.2, 0.25) is 0 Å². The molecule has 0 atom stereocenters. The summed E-state index contributed by atoms with van der Waals surface area (Å²) in [5.41, 5.74) is 6.26. The molecule has 2 N–H and O–H groups in total. The van der Waals surface area contributed by atoms with Gasteiger partial charge in [0.25, 0.3) is 0 Å². The van der Waals surface area contributed by atoms with Crippen LogP contribution in [0.25, 0.3) is 0 Å². The zero-order chi connectivity index (χ0) is 7.40. The van der Waals surface area contributed by atoms with E-state index in [2.05, 4.69) is 16.8 Å². The van der Waals surface area contributed by atoms with E-state index < -0.39 is 0 Å². The van der Waals surface area contributed by atoms with E-state index in [0.29, 0.717) is 5.82 Å². The van der Waals surface area contributed by atoms with Crippen LogP contribution in [0.1, 0.15) is 12.5 Å². The maximum absolute atomic E-state index is 5.36. The molecule has 10 heavy (non-hydrogen) atoms. The van der Waals surface area contributed by atoms with Crippen molar-refractivity contribution in [1.82, 2.24) is 4.98 Å². The highest BCUT2D eigenvalue weighted by Crippen LogP contribution is 1.98. The fraction of sp³-hybridized carbons (Fsp3) is 0.125. The van der Waals surface area contributed by atoms with E-state index >= 15 is 0 Å². The summed E-state index contributed by atoms with van der Waals surface area (Å²) in [5, 5.41) is 0. The van der Waals surface area contributed by atoms with E-state index in [1.165, 1.54) is 0 Å². The highest BCUT2D eigenvalue weighted by Gasteiger charge is 1.85. The first kappa shape index (κ1) is 6.63. The van der Waals surface area contributed by atoms with Crippen LogP contribution in [-0.2, 0) is 0 Å². The minimum Gasteiger partial charge on any atom is -0.384 e. The number of aromatic nitrogens is 1. The number of pyridine rings is 1. The number of rotatable bonds is 0. The van der Waals surface area contributed by atoms with Crippen LogP contribution in [0.5, 0.6) is 0 Å². The van der Waals surface area contributed by atoms with Gasteiger partial charge in [-0.15, -0.1) is 5.92 Å². The van der Waals surface area contributed by atoms with Gasteiger partial charge in [0, 0.05) is 11.8 Å². The second kappa shape index (κ2) is 2.88. The Labute approximate surface area is 60.1 Å². The Bertz CT molecular complexity index is 264. The molecule has 2 nitrogen and oxygen atoms in total. The third kappa shape index (κ3) is 1.49. The molecular weight excluding hydrogens is 124 g/mol. The number of hydrogen-bond acceptors (Lipinski definition) is 2. The van der Waals surface area contributed by atoms with Crippen molar-refractivity contribution in [2.75, 3.05) is 5.73 Å². The summed E-state index contributed by atoms with van der Waals surface area (Å²) < 4.78 is 0. The molecule has 0 amide bonds. The van der Waals surface area contributed by atoms with Gasteiger partial charge in [-0.25, -0.2) is 4.98 Å². The lowest BCUT2D eigenvalue weighted by Crippen LogP contribution is -1.88. The maximum Gasteiger partial charge on any atom is 0.123 e. The predicted octanol–water partition coefficient (Wildman–Crippen LogP) is 1.04. The lowest BCUT2D eigenvalue weighted by atomic mass is 10.3. The summed E-state index contributed by atoms with van der Waals surface area (Å²) in [7, 11) is 0. The zero-order valence-electron chi connectivity index (χ0n) is 5.76. The Hall–Kier alpha value is -1.49. The predicted molar refractivity (Wildman–Crippen MR) is 41.2 cm³/mol. The number of nitrogens with two attached hydrogens (primary N) is 1. The third-order valence-corrected chi connectivity index (χ3v) is 1.06. The van der Waals surface area contributed by atoms with E-state index in [9.17, 15) is 0 Å². The first-order chi connectivity index (χ1) is 4.83. The molecule has 50 valence electrons. The van der Waals surface area contributed by atoms with Gasteiger partial charge in [0.15, 0.2) is 0 Å². The smallest absolute Gasteiger partial charge is 0.123 e. The summed E-state index contributed by atoms with van der Waals surface area (Å²) >= 11 is 0. The van der Waals surface area contributed by atoms with Crippen molar-refractivity contribution in [2.45, 2.75) is 6.92 Å². The van der Waals surface area contributed by atoms with Crippen molar-refractivity contribution in [2.24, 2.45) is 0 Å². The molecule has 0 unspecified atom stereocenters. The molecule has 1 aromatic heterocycles. The molecule has 0 aliphatic rings. The Kier molecular flexibility index (Phi) is 1.91. The van der Waals surface area contributed by atoms with E-state index in [-0.39, 0.29) is 0 Å². The Morgan fingerprint density at radius 2 is 2.30 bits per heavy atom. The normalized spacial score (nSPS) is 8.10. The third-order valence-electron chi connectivity index (χ3n) is 1.06. The minimum atomic E-state index is 0.529. The van der Waals surface area contributed by atoms with Crippen molar-refractivity contribution in [3.05, 3.63) is 23.9 Å². The largest absolute Gasteiger partial charge is 0.384 e. The van der Waals surface area contributed by atoms with Crippen molar-refractivity contribution in [1.29, 1.82) is 0 Å². The van der Waals surface area contributed by atoms with Gasteiger partial charge in [0.1, 0.15) is 5.82 Å². The summed E-state index contributed by atoms with van der Waals surface area (Å²) in [5.74, 6) is 6.17. The Balaban J connectivity index is 2.97. The average molecular weight is 132 g/mol. The molecule has 0 spiro atoms. The van der Waals surface area contributed by atoms with Crippen molar-refractivity contribution in [3.8, 4) is 11.8 Å². The van der Waals surface area contributed by atoms with E-state index in [1.54, 1.807) is 19.2 Å². The summed E-state index contributed by atoms with van der Waals surface area (Å²) in [6.45, 7) is 1.79. The molecule has 0 aromatic carbocycles. The number of hydrogen-bond donors (Lipinski definition) is 1. The van der Waals surface area contributed by atoms with Crippen LogP contribution in [0.4, 0.5) is 5.82 Å². The topological polar surface area (TPSA) is 38.9 Å². The molecular formula is C8H8N2. The van der Waals surface area contributed by atoms with Crippen LogP contribution < -0.4 is 5.73 Å². The Morgan fingerprint density at radius 3 is 2.80 bits per heavy atom. The van der Waals surface area contributed by atoms with Crippen LogP contribution in [0, 0.1) is 11.8 Å². The molecule has 0 bridgehead atoms. The fourth-order valence-electron chi connectivity index (χ4n) is 0.624. The van der Waals surface area contributed by atoms with Crippen molar-refractivity contribution in [3.63, 3.8) is 0 Å². The second-order valence-corrected chi connectivity index (χ2v) is 1.85. The summed E-state index contributed by atoms with van der Waals surface area (Å²) in [4.78, 5) is 3.87. The standard InChI is InChI=1S/C8H8N2/c1-2-3-7-4-5-8(9)10-6-7/h4-6H,1H3,(H2,9,10). The van der Waals surface area contributed by atoms with Gasteiger partial charge >= 0.3 is 0 Å². The zero-order valence-corrected chi connectivity index (χ0v) is 5.76. The average Bonchev–Trinajstić information content (AvgIpc) is 1.95. The van der Waals surface area contributed by atoms with Gasteiger partial charge in [-0.1, -0.05) is 5.92 Å². The molecule has 0 fully saturated rings. The van der Waals surface area contributed by atoms with E-state index in [4.69, 9.17) is 5.73 Å². The molecule has 0 saturated carbocycles. The number of nitrogen functional groups attached to an aromatic ring is 1. The number of nitrogens with zero attached hydrogens (tertiary/aromatic N) is 1. The highest BCUT2D eigenvalue weighted by atomic mass is 14.8. The van der Waals surface area contributed by atoms with Crippen LogP contribution >= 0.6 is 0 Å². The summed E-state index contributed by atoms with van der Waals surface area (Å²) in [6.07, 6.45) is 1.66. The van der Waals surface area contributed by atoms with Gasteiger partial charge in [-0.2, -0.15) is 0 Å². The molecule has 0 aliphatic carbocycles. The molecule has 0 aliphatic heterocycles. The fourth-order valence-corrected chi connectivity index (χ4v) is 0.624. The van der Waals surface area contributed by atoms with Gasteiger partial charge < -0.3 is 5.73 Å². The van der Waals surface area contributed by atoms with Crippen LogP contribution in [0.15, 0.2) is 18.3 Å². The SMILES string of the molecule is CC#Cc1ccc(N)nc1. The van der Waals surface area contributed by atoms with Crippen LogP contribution in [-0.4, -0.2) is 4.98 Å². The molecule has 0 saturated heterocycles. The highest BCUT2D eigenvalue weighted by molar-refractivity contribution is 5.37. The quantitative estimate of drug-likeness (QED) is 0.535. The lowest BCUT2D eigenvalue weighted by Gasteiger charge is -1.89. The van der Waals surface area contributed by atoms with Gasteiger partial charge in [0.05, 0.1) is 0 Å². The van der Waals surface area contributed by atoms with Gasteiger partial charge in [0.2, 0.25) is 0 Å². The van der Waals surface area contributed by atoms with E-state index in [0.717, 1.165) is 5.56 Å². The van der Waals surface area contributed by atoms with E-state index in [1.807, 2.05) is 6.07 Å². The van der Waals surface area contributed by atoms with Crippen molar-refractivity contribution >= 4 is 5.82 Å². The second-order valence-electron chi connectivity index (χ2n) is 1.85. The van der Waals surface area contributed by atoms with Crippen LogP contribution in [0.3, 0.4) is 0 Å². The number of anilines is 1. The first-order valence-corrected chi connectivity index (χ1v) is 2.97. The Morgan fingerprint density at radius 1 is 1.50 bits per heavy atom.